The van der Waals surface area contributed by atoms with Gasteiger partial charge in [-0.3, -0.25) is 4.79 Å². The van der Waals surface area contributed by atoms with Crippen LogP contribution in [-0.2, 0) is 11.3 Å². The number of amides is 1. The Labute approximate surface area is 175 Å². The van der Waals surface area contributed by atoms with Crippen molar-refractivity contribution >= 4 is 11.7 Å². The fourth-order valence-corrected chi connectivity index (χ4v) is 3.26. The second-order valence-electron chi connectivity index (χ2n) is 6.98. The number of hydrogen-bond acceptors (Lipinski definition) is 6. The summed E-state index contributed by atoms with van der Waals surface area (Å²) in [5.41, 5.74) is 3.31. The van der Waals surface area contributed by atoms with Crippen LogP contribution in [0.1, 0.15) is 15.9 Å². The van der Waals surface area contributed by atoms with E-state index >= 15 is 0 Å². The van der Waals surface area contributed by atoms with E-state index in [1.165, 1.54) is 0 Å². The first kappa shape index (κ1) is 19.8. The predicted molar refractivity (Wildman–Crippen MR) is 115 cm³/mol. The van der Waals surface area contributed by atoms with Crippen LogP contribution in [0.2, 0.25) is 0 Å². The molecule has 30 heavy (non-hydrogen) atoms. The second kappa shape index (κ2) is 9.37. The first-order chi connectivity index (χ1) is 14.7. The van der Waals surface area contributed by atoms with Crippen LogP contribution >= 0.6 is 0 Å². The number of benzene rings is 2. The maximum absolute atomic E-state index is 12.4. The highest BCUT2D eigenvalue weighted by atomic mass is 16.5. The molecule has 1 aromatic heterocycles. The highest BCUT2D eigenvalue weighted by Gasteiger charge is 2.13. The first-order valence-corrected chi connectivity index (χ1v) is 9.91. The Morgan fingerprint density at radius 2 is 1.73 bits per heavy atom. The molecule has 154 valence electrons. The third kappa shape index (κ3) is 4.75. The minimum atomic E-state index is -0.119. The van der Waals surface area contributed by atoms with Crippen LogP contribution in [-0.4, -0.2) is 49.5 Å². The van der Waals surface area contributed by atoms with Crippen molar-refractivity contribution in [2.24, 2.45) is 0 Å². The van der Waals surface area contributed by atoms with Gasteiger partial charge in [0.15, 0.2) is 5.82 Å². The zero-order valence-electron chi connectivity index (χ0n) is 16.9. The molecule has 1 amide bonds. The number of rotatable bonds is 6. The van der Waals surface area contributed by atoms with Crippen molar-refractivity contribution in [2.45, 2.75) is 6.54 Å². The average Bonchev–Trinajstić information content (AvgIpc) is 2.83. The summed E-state index contributed by atoms with van der Waals surface area (Å²) >= 11 is 0. The van der Waals surface area contributed by atoms with E-state index in [2.05, 4.69) is 20.4 Å². The van der Waals surface area contributed by atoms with Gasteiger partial charge in [0.25, 0.3) is 5.91 Å². The number of hydrogen-bond donors (Lipinski definition) is 1. The number of carbonyl (C=O) groups excluding carboxylic acids is 1. The molecular weight excluding hydrogens is 380 g/mol. The van der Waals surface area contributed by atoms with Crippen LogP contribution in [0.4, 0.5) is 5.82 Å². The second-order valence-corrected chi connectivity index (χ2v) is 6.98. The Bertz CT molecular complexity index is 967. The quantitative estimate of drug-likeness (QED) is 0.681. The van der Waals surface area contributed by atoms with Gasteiger partial charge in [0, 0.05) is 30.8 Å². The summed E-state index contributed by atoms with van der Waals surface area (Å²) in [4.78, 5) is 14.6. The number of carbonyl (C=O) groups is 1. The van der Waals surface area contributed by atoms with Crippen LogP contribution in [0.5, 0.6) is 5.75 Å². The van der Waals surface area contributed by atoms with E-state index in [0.717, 1.165) is 41.5 Å². The summed E-state index contributed by atoms with van der Waals surface area (Å²) in [5.74, 6) is 1.53. The maximum atomic E-state index is 12.4. The molecule has 0 radical (unpaired) electrons. The lowest BCUT2D eigenvalue weighted by Crippen LogP contribution is -2.36. The van der Waals surface area contributed by atoms with Crippen LogP contribution in [0.3, 0.4) is 0 Å². The number of anilines is 1. The normalized spacial score (nSPS) is 13.7. The van der Waals surface area contributed by atoms with Gasteiger partial charge in [-0.1, -0.05) is 24.3 Å². The average molecular weight is 404 g/mol. The van der Waals surface area contributed by atoms with E-state index in [1.807, 2.05) is 48.5 Å². The highest BCUT2D eigenvalue weighted by Crippen LogP contribution is 2.20. The van der Waals surface area contributed by atoms with Gasteiger partial charge < -0.3 is 19.7 Å². The summed E-state index contributed by atoms with van der Waals surface area (Å²) < 4.78 is 10.5. The SMILES string of the molecule is COc1ccc(CNC(=O)c2ccc(-c3ccc(N4CCOCC4)nn3)cc2)cc1. The fraction of sp³-hybridized carbons (Fsp3) is 0.261. The lowest BCUT2D eigenvalue weighted by atomic mass is 10.1. The third-order valence-corrected chi connectivity index (χ3v) is 5.04. The van der Waals surface area contributed by atoms with E-state index in [4.69, 9.17) is 9.47 Å². The molecule has 2 heterocycles. The van der Waals surface area contributed by atoms with Gasteiger partial charge in [0.2, 0.25) is 0 Å². The molecule has 1 fully saturated rings. The van der Waals surface area contributed by atoms with Gasteiger partial charge in [0.05, 0.1) is 26.0 Å². The van der Waals surface area contributed by atoms with Gasteiger partial charge in [-0.2, -0.15) is 0 Å². The van der Waals surface area contributed by atoms with E-state index in [9.17, 15) is 4.79 Å². The molecule has 0 aliphatic carbocycles. The number of nitrogens with one attached hydrogen (secondary N) is 1. The van der Waals surface area contributed by atoms with Crippen molar-refractivity contribution in [3.8, 4) is 17.0 Å². The highest BCUT2D eigenvalue weighted by molar-refractivity contribution is 5.94. The lowest BCUT2D eigenvalue weighted by molar-refractivity contribution is 0.0951. The molecule has 3 aromatic rings. The number of aromatic nitrogens is 2. The molecule has 0 atom stereocenters. The molecule has 1 aliphatic rings. The summed E-state index contributed by atoms with van der Waals surface area (Å²) in [6.45, 7) is 3.54. The van der Waals surface area contributed by atoms with E-state index < -0.39 is 0 Å². The molecule has 1 saturated heterocycles. The molecule has 7 heteroatoms. The van der Waals surface area contributed by atoms with Crippen molar-refractivity contribution < 1.29 is 14.3 Å². The van der Waals surface area contributed by atoms with E-state index in [-0.39, 0.29) is 5.91 Å². The molecule has 0 bridgehead atoms. The topological polar surface area (TPSA) is 76.6 Å². The van der Waals surface area contributed by atoms with Gasteiger partial charge in [-0.25, -0.2) is 0 Å². The zero-order chi connectivity index (χ0) is 20.8. The minimum Gasteiger partial charge on any atom is -0.497 e. The Morgan fingerprint density at radius 1 is 1.00 bits per heavy atom. The molecule has 1 N–H and O–H groups in total. The van der Waals surface area contributed by atoms with Crippen LogP contribution in [0.15, 0.2) is 60.7 Å². The predicted octanol–water partition coefficient (Wildman–Crippen LogP) is 2.92. The first-order valence-electron chi connectivity index (χ1n) is 9.91. The molecular formula is C23H24N4O3. The van der Waals surface area contributed by atoms with Crippen LogP contribution in [0, 0.1) is 0 Å². The van der Waals surface area contributed by atoms with Gasteiger partial charge in [-0.15, -0.1) is 10.2 Å². The minimum absolute atomic E-state index is 0.119. The van der Waals surface area contributed by atoms with Crippen molar-refractivity contribution in [3.05, 3.63) is 71.8 Å². The molecule has 2 aromatic carbocycles. The molecule has 0 unspecified atom stereocenters. The Morgan fingerprint density at radius 3 is 2.37 bits per heavy atom. The molecule has 0 saturated carbocycles. The Balaban J connectivity index is 1.36. The van der Waals surface area contributed by atoms with Crippen molar-refractivity contribution in [1.29, 1.82) is 0 Å². The lowest BCUT2D eigenvalue weighted by Gasteiger charge is -2.27. The fourth-order valence-electron chi connectivity index (χ4n) is 3.26. The summed E-state index contributed by atoms with van der Waals surface area (Å²) in [7, 11) is 1.63. The number of methoxy groups -OCH3 is 1. The zero-order valence-corrected chi connectivity index (χ0v) is 16.9. The molecule has 1 aliphatic heterocycles. The largest absolute Gasteiger partial charge is 0.497 e. The van der Waals surface area contributed by atoms with Gasteiger partial charge in [-0.05, 0) is 42.0 Å². The van der Waals surface area contributed by atoms with E-state index in [1.54, 1.807) is 19.2 Å². The molecule has 7 nitrogen and oxygen atoms in total. The number of ether oxygens (including phenoxy) is 2. The maximum Gasteiger partial charge on any atom is 0.251 e. The standard InChI is InChI=1S/C23H24N4O3/c1-29-20-8-2-17(3-9-20)16-24-23(28)19-6-4-18(5-7-19)21-10-11-22(26-25-21)27-12-14-30-15-13-27/h2-11H,12-16H2,1H3,(H,24,28). The van der Waals surface area contributed by atoms with Crippen molar-refractivity contribution in [2.75, 3.05) is 38.3 Å². The van der Waals surface area contributed by atoms with Crippen LogP contribution in [0.25, 0.3) is 11.3 Å². The molecule has 4 rings (SSSR count). The molecule has 0 spiro atoms. The number of nitrogens with zero attached hydrogens (tertiary/aromatic N) is 3. The smallest absolute Gasteiger partial charge is 0.251 e. The summed E-state index contributed by atoms with van der Waals surface area (Å²) in [6.07, 6.45) is 0. The van der Waals surface area contributed by atoms with Crippen molar-refractivity contribution in [3.63, 3.8) is 0 Å². The number of morpholine rings is 1. The van der Waals surface area contributed by atoms with Gasteiger partial charge in [0.1, 0.15) is 5.75 Å². The summed E-state index contributed by atoms with van der Waals surface area (Å²) in [6, 6.07) is 18.9. The summed E-state index contributed by atoms with van der Waals surface area (Å²) in [5, 5.41) is 11.6. The Hall–Kier alpha value is -3.45. The van der Waals surface area contributed by atoms with E-state index in [0.29, 0.717) is 25.3 Å². The Kier molecular flexibility index (Phi) is 6.20. The van der Waals surface area contributed by atoms with Crippen molar-refractivity contribution in [1.82, 2.24) is 15.5 Å². The van der Waals surface area contributed by atoms with Gasteiger partial charge >= 0.3 is 0 Å². The van der Waals surface area contributed by atoms with Crippen LogP contribution < -0.4 is 15.0 Å². The third-order valence-electron chi connectivity index (χ3n) is 5.04. The monoisotopic (exact) mass is 404 g/mol.